The van der Waals surface area contributed by atoms with Crippen molar-refractivity contribution in [3.05, 3.63) is 60.9 Å². The van der Waals surface area contributed by atoms with Gasteiger partial charge in [-0.05, 0) is 76.4 Å². The second-order valence-corrected chi connectivity index (χ2v) is 11.3. The number of nitrogens with zero attached hydrogens (tertiary/aromatic N) is 2. The lowest BCUT2D eigenvalue weighted by molar-refractivity contribution is -0.135. The van der Waals surface area contributed by atoms with Gasteiger partial charge in [0.15, 0.2) is 11.5 Å². The Hall–Kier alpha value is -2.20. The Morgan fingerprint density at radius 3 is 2.51 bits per heavy atom. The number of thioether (sulfide) groups is 1. The Bertz CT molecular complexity index is 1250. The van der Waals surface area contributed by atoms with Crippen LogP contribution < -0.4 is 9.47 Å². The molecule has 0 radical (unpaired) electrons. The van der Waals surface area contributed by atoms with Crippen molar-refractivity contribution in [2.75, 3.05) is 26.7 Å². The lowest BCUT2D eigenvalue weighted by atomic mass is 10.1. The van der Waals surface area contributed by atoms with Crippen molar-refractivity contribution < 1.29 is 23.9 Å². The van der Waals surface area contributed by atoms with Crippen molar-refractivity contribution in [3.63, 3.8) is 0 Å². The molecule has 0 atom stereocenters. The van der Waals surface area contributed by atoms with Gasteiger partial charge in [0, 0.05) is 28.7 Å². The highest BCUT2D eigenvalue weighted by atomic mass is 79.9. The maximum absolute atomic E-state index is 13.0. The number of likely N-dealkylation sites (tertiary alicyclic amines) is 1. The summed E-state index contributed by atoms with van der Waals surface area (Å²) in [4.78, 5) is 41.3. The number of carbonyl (C=O) groups excluding carboxylic acids is 3. The van der Waals surface area contributed by atoms with E-state index in [1.807, 2.05) is 0 Å². The van der Waals surface area contributed by atoms with Crippen LogP contribution in [-0.4, -0.2) is 53.6 Å². The van der Waals surface area contributed by atoms with E-state index < -0.39 is 11.1 Å². The number of amides is 3. The second-order valence-electron chi connectivity index (χ2n) is 8.62. The molecule has 196 valence electrons. The zero-order valence-corrected chi connectivity index (χ0v) is 24.0. The number of hydrogen-bond acceptors (Lipinski definition) is 6. The van der Waals surface area contributed by atoms with Crippen molar-refractivity contribution >= 4 is 74.0 Å². The molecular formula is C26H25BrCl2N2O5S. The number of benzene rings is 2. The largest absolute Gasteiger partial charge is 0.493 e. The number of imide groups is 1. The van der Waals surface area contributed by atoms with E-state index in [1.54, 1.807) is 41.3 Å². The summed E-state index contributed by atoms with van der Waals surface area (Å²) in [5.74, 6) is 0.214. The molecule has 2 aromatic carbocycles. The summed E-state index contributed by atoms with van der Waals surface area (Å²) in [6.07, 6.45) is 5.67. The molecule has 37 heavy (non-hydrogen) atoms. The predicted molar refractivity (Wildman–Crippen MR) is 149 cm³/mol. The first-order valence-corrected chi connectivity index (χ1v) is 14.1. The number of methoxy groups -OCH3 is 1. The first-order valence-electron chi connectivity index (χ1n) is 11.7. The number of ether oxygens (including phenoxy) is 2. The fourth-order valence-electron chi connectivity index (χ4n) is 4.09. The third-order valence-corrected chi connectivity index (χ3v) is 8.15. The van der Waals surface area contributed by atoms with Crippen molar-refractivity contribution in [3.8, 4) is 11.5 Å². The van der Waals surface area contributed by atoms with Gasteiger partial charge in [0.1, 0.15) is 13.2 Å². The zero-order chi connectivity index (χ0) is 26.5. The minimum atomic E-state index is -0.481. The Morgan fingerprint density at radius 1 is 1.11 bits per heavy atom. The lowest BCUT2D eigenvalue weighted by Gasteiger charge is -2.22. The summed E-state index contributed by atoms with van der Waals surface area (Å²) in [6, 6.07) is 8.63. The van der Waals surface area contributed by atoms with Crippen LogP contribution in [0, 0.1) is 0 Å². The highest BCUT2D eigenvalue weighted by Gasteiger charge is 2.37. The van der Waals surface area contributed by atoms with E-state index in [-0.39, 0.29) is 24.0 Å². The van der Waals surface area contributed by atoms with Gasteiger partial charge in [0.2, 0.25) is 5.91 Å². The average Bonchev–Trinajstić information content (AvgIpc) is 3.04. The molecule has 2 aromatic rings. The number of halogens is 3. The standard InChI is InChI=1S/C26H25BrCl2N2O5S/c1-35-21-11-16(10-19(27)24(21)36-15-17-6-7-18(28)13-20(17)29)12-22-25(33)31(26(34)37-22)14-23(32)30-8-4-2-3-5-9-30/h6-7,10-13H,2-5,8-9,14-15H2,1H3. The maximum Gasteiger partial charge on any atom is 0.294 e. The minimum Gasteiger partial charge on any atom is -0.493 e. The molecule has 0 saturated carbocycles. The third-order valence-electron chi connectivity index (χ3n) is 6.06. The molecule has 2 saturated heterocycles. The van der Waals surface area contributed by atoms with Gasteiger partial charge < -0.3 is 14.4 Å². The molecule has 2 aliphatic heterocycles. The SMILES string of the molecule is COc1cc(C=C2SC(=O)N(CC(=O)N3CCCCCC3)C2=O)cc(Br)c1OCc1ccc(Cl)cc1Cl. The van der Waals surface area contributed by atoms with Gasteiger partial charge in [-0.15, -0.1) is 0 Å². The van der Waals surface area contributed by atoms with Crippen LogP contribution in [0.1, 0.15) is 36.8 Å². The Kier molecular flexibility index (Phi) is 9.45. The predicted octanol–water partition coefficient (Wildman–Crippen LogP) is 6.78. The van der Waals surface area contributed by atoms with E-state index in [0.717, 1.165) is 47.9 Å². The molecule has 0 unspecified atom stereocenters. The van der Waals surface area contributed by atoms with Crippen LogP contribution in [0.15, 0.2) is 39.7 Å². The van der Waals surface area contributed by atoms with Gasteiger partial charge in [-0.2, -0.15) is 0 Å². The summed E-state index contributed by atoms with van der Waals surface area (Å²) < 4.78 is 12.1. The van der Waals surface area contributed by atoms with E-state index >= 15 is 0 Å². The third kappa shape index (κ3) is 6.82. The molecule has 3 amide bonds. The summed E-state index contributed by atoms with van der Waals surface area (Å²) in [5.41, 5.74) is 1.39. The molecule has 7 nitrogen and oxygen atoms in total. The molecule has 0 aromatic heterocycles. The van der Waals surface area contributed by atoms with Gasteiger partial charge in [0.05, 0.1) is 16.5 Å². The van der Waals surface area contributed by atoms with Gasteiger partial charge in [0.25, 0.3) is 11.1 Å². The van der Waals surface area contributed by atoms with Crippen LogP contribution in [0.3, 0.4) is 0 Å². The van der Waals surface area contributed by atoms with Crippen molar-refractivity contribution in [1.29, 1.82) is 0 Å². The van der Waals surface area contributed by atoms with Crippen LogP contribution >= 0.6 is 50.9 Å². The summed E-state index contributed by atoms with van der Waals surface area (Å²) in [5, 5.41) is 0.571. The molecule has 0 aliphatic carbocycles. The number of hydrogen-bond donors (Lipinski definition) is 0. The van der Waals surface area contributed by atoms with Crippen molar-refractivity contribution in [2.24, 2.45) is 0 Å². The molecule has 0 bridgehead atoms. The molecule has 4 rings (SSSR count). The Morgan fingerprint density at radius 2 is 1.84 bits per heavy atom. The summed E-state index contributed by atoms with van der Waals surface area (Å²) in [6.45, 7) is 1.28. The summed E-state index contributed by atoms with van der Waals surface area (Å²) >= 11 is 16.5. The first kappa shape index (κ1) is 27.8. The fraction of sp³-hybridized carbons (Fsp3) is 0.346. The fourth-order valence-corrected chi connectivity index (χ4v) is 5.97. The first-order chi connectivity index (χ1) is 17.8. The molecule has 2 heterocycles. The van der Waals surface area contributed by atoms with E-state index in [4.69, 9.17) is 32.7 Å². The van der Waals surface area contributed by atoms with Gasteiger partial charge in [-0.1, -0.05) is 42.1 Å². The Balaban J connectivity index is 1.48. The van der Waals surface area contributed by atoms with E-state index in [2.05, 4.69) is 15.9 Å². The average molecular weight is 628 g/mol. The Labute approximate surface area is 238 Å². The lowest BCUT2D eigenvalue weighted by Crippen LogP contribution is -2.42. The summed E-state index contributed by atoms with van der Waals surface area (Å²) in [7, 11) is 1.51. The van der Waals surface area contributed by atoms with Gasteiger partial charge in [-0.3, -0.25) is 19.3 Å². The van der Waals surface area contributed by atoms with Crippen LogP contribution in [0.2, 0.25) is 10.0 Å². The molecule has 2 fully saturated rings. The normalized spacial score (nSPS) is 17.4. The van der Waals surface area contributed by atoms with Crippen molar-refractivity contribution in [1.82, 2.24) is 9.80 Å². The topological polar surface area (TPSA) is 76.2 Å². The van der Waals surface area contributed by atoms with Crippen LogP contribution in [0.5, 0.6) is 11.5 Å². The second kappa shape index (κ2) is 12.6. The van der Waals surface area contributed by atoms with E-state index in [9.17, 15) is 14.4 Å². The van der Waals surface area contributed by atoms with E-state index in [0.29, 0.717) is 44.7 Å². The van der Waals surface area contributed by atoms with Crippen LogP contribution in [-0.2, 0) is 16.2 Å². The molecule has 11 heteroatoms. The van der Waals surface area contributed by atoms with Gasteiger partial charge in [-0.25, -0.2) is 0 Å². The van der Waals surface area contributed by atoms with Gasteiger partial charge >= 0.3 is 0 Å². The smallest absolute Gasteiger partial charge is 0.294 e. The monoisotopic (exact) mass is 626 g/mol. The molecule has 2 aliphatic rings. The quantitative estimate of drug-likeness (QED) is 0.315. The minimum absolute atomic E-state index is 0.189. The molecule has 0 spiro atoms. The molecular weight excluding hydrogens is 603 g/mol. The van der Waals surface area contributed by atoms with Crippen LogP contribution in [0.25, 0.3) is 6.08 Å². The van der Waals surface area contributed by atoms with Crippen molar-refractivity contribution in [2.45, 2.75) is 32.3 Å². The highest BCUT2D eigenvalue weighted by molar-refractivity contribution is 9.10. The molecule has 0 N–H and O–H groups in total. The number of carbonyl (C=O) groups is 3. The van der Waals surface area contributed by atoms with Crippen LogP contribution in [0.4, 0.5) is 4.79 Å². The zero-order valence-electron chi connectivity index (χ0n) is 20.1. The highest BCUT2D eigenvalue weighted by Crippen LogP contribution is 2.40. The van der Waals surface area contributed by atoms with E-state index in [1.165, 1.54) is 7.11 Å². The number of rotatable bonds is 7. The maximum atomic E-state index is 13.0.